The molecule has 0 radical (unpaired) electrons. The monoisotopic (exact) mass is 357 g/mol. The van der Waals surface area contributed by atoms with Crippen molar-refractivity contribution in [3.63, 3.8) is 0 Å². The molecule has 2 aliphatic rings. The summed E-state index contributed by atoms with van der Waals surface area (Å²) in [6.45, 7) is 3.60. The third-order valence-electron chi connectivity index (χ3n) is 4.94. The highest BCUT2D eigenvalue weighted by molar-refractivity contribution is 7.96. The van der Waals surface area contributed by atoms with Gasteiger partial charge in [0.25, 0.3) is 0 Å². The van der Waals surface area contributed by atoms with Gasteiger partial charge in [-0.25, -0.2) is 16.8 Å². The van der Waals surface area contributed by atoms with E-state index < -0.39 is 31.0 Å². The smallest absolute Gasteiger partial charge is 0.183 e. The van der Waals surface area contributed by atoms with Crippen molar-refractivity contribution in [2.75, 3.05) is 24.6 Å². The molecule has 2 atom stereocenters. The standard InChI is InChI=1S/C16H23NO4S2/c1-2-13-5-7-14(8-6-13)23(20,21)16-12-22(18,19)11-15(16)17-9-3-4-10-17/h5-8,15-16H,2-4,9-12H2,1H3. The number of sulfone groups is 2. The first-order chi connectivity index (χ1) is 10.8. The van der Waals surface area contributed by atoms with Crippen LogP contribution in [0.1, 0.15) is 25.3 Å². The van der Waals surface area contributed by atoms with E-state index in [0.29, 0.717) is 0 Å². The van der Waals surface area contributed by atoms with Crippen LogP contribution < -0.4 is 0 Å². The number of aryl methyl sites for hydroxylation is 1. The van der Waals surface area contributed by atoms with Crippen molar-refractivity contribution in [1.29, 1.82) is 0 Å². The number of likely N-dealkylation sites (tertiary alicyclic amines) is 1. The first-order valence-electron chi connectivity index (χ1n) is 8.11. The van der Waals surface area contributed by atoms with Gasteiger partial charge in [-0.05, 0) is 50.0 Å². The van der Waals surface area contributed by atoms with Gasteiger partial charge in [-0.2, -0.15) is 0 Å². The fraction of sp³-hybridized carbons (Fsp3) is 0.625. The van der Waals surface area contributed by atoms with Crippen LogP contribution in [0.15, 0.2) is 29.2 Å². The van der Waals surface area contributed by atoms with Crippen molar-refractivity contribution in [1.82, 2.24) is 4.90 Å². The third-order valence-corrected chi connectivity index (χ3v) is 9.07. The maximum atomic E-state index is 13.0. The van der Waals surface area contributed by atoms with Crippen LogP contribution in [0, 0.1) is 0 Å². The van der Waals surface area contributed by atoms with Crippen LogP contribution in [0.4, 0.5) is 0 Å². The molecule has 0 bridgehead atoms. The molecular formula is C16H23NO4S2. The minimum absolute atomic E-state index is 0.0378. The molecular weight excluding hydrogens is 334 g/mol. The highest BCUT2D eigenvalue weighted by Gasteiger charge is 2.48. The lowest BCUT2D eigenvalue weighted by Gasteiger charge is -2.27. The quantitative estimate of drug-likeness (QED) is 0.812. The van der Waals surface area contributed by atoms with Crippen molar-refractivity contribution in [3.8, 4) is 0 Å². The van der Waals surface area contributed by atoms with E-state index in [9.17, 15) is 16.8 Å². The molecule has 2 fully saturated rings. The predicted molar refractivity (Wildman–Crippen MR) is 90.0 cm³/mol. The molecule has 128 valence electrons. The molecule has 1 aromatic carbocycles. The molecule has 0 aliphatic carbocycles. The molecule has 0 amide bonds. The summed E-state index contributed by atoms with van der Waals surface area (Å²) < 4.78 is 50.2. The summed E-state index contributed by atoms with van der Waals surface area (Å²) in [6.07, 6.45) is 2.86. The molecule has 5 nitrogen and oxygen atoms in total. The Balaban J connectivity index is 1.95. The Kier molecular flexibility index (Phi) is 4.55. The van der Waals surface area contributed by atoms with Gasteiger partial charge in [-0.15, -0.1) is 0 Å². The van der Waals surface area contributed by atoms with E-state index >= 15 is 0 Å². The zero-order valence-corrected chi connectivity index (χ0v) is 14.9. The molecule has 23 heavy (non-hydrogen) atoms. The molecule has 1 aromatic rings. The van der Waals surface area contributed by atoms with E-state index in [1.165, 1.54) is 0 Å². The van der Waals surface area contributed by atoms with Crippen LogP contribution in [0.25, 0.3) is 0 Å². The average molecular weight is 357 g/mol. The molecule has 7 heteroatoms. The lowest BCUT2D eigenvalue weighted by Crippen LogP contribution is -2.45. The molecule has 0 spiro atoms. The van der Waals surface area contributed by atoms with Gasteiger partial charge in [0.1, 0.15) is 0 Å². The predicted octanol–water partition coefficient (Wildman–Crippen LogP) is 1.28. The second-order valence-electron chi connectivity index (χ2n) is 6.47. The number of hydrogen-bond acceptors (Lipinski definition) is 5. The van der Waals surface area contributed by atoms with E-state index in [0.717, 1.165) is 37.9 Å². The van der Waals surface area contributed by atoms with Crippen molar-refractivity contribution < 1.29 is 16.8 Å². The summed E-state index contributed by atoms with van der Waals surface area (Å²) in [7, 11) is -6.95. The lowest BCUT2D eigenvalue weighted by atomic mass is 10.2. The Labute approximate surface area is 138 Å². The van der Waals surface area contributed by atoms with Crippen molar-refractivity contribution >= 4 is 19.7 Å². The maximum Gasteiger partial charge on any atom is 0.183 e. The summed E-state index contributed by atoms with van der Waals surface area (Å²) in [5.74, 6) is -0.296. The van der Waals surface area contributed by atoms with Crippen molar-refractivity contribution in [2.45, 2.75) is 42.4 Å². The van der Waals surface area contributed by atoms with Gasteiger partial charge in [-0.3, -0.25) is 4.90 Å². The lowest BCUT2D eigenvalue weighted by molar-refractivity contribution is 0.264. The van der Waals surface area contributed by atoms with E-state index in [2.05, 4.69) is 0 Å². The van der Waals surface area contributed by atoms with Crippen LogP contribution in [0.2, 0.25) is 0 Å². The Hall–Kier alpha value is -0.920. The van der Waals surface area contributed by atoms with Crippen LogP contribution >= 0.6 is 0 Å². The van der Waals surface area contributed by atoms with Gasteiger partial charge in [0.15, 0.2) is 19.7 Å². The Morgan fingerprint density at radius 2 is 1.70 bits per heavy atom. The van der Waals surface area contributed by atoms with Gasteiger partial charge in [0.2, 0.25) is 0 Å². The molecule has 2 heterocycles. The molecule has 2 unspecified atom stereocenters. The normalized spacial score (nSPS) is 28.2. The molecule has 0 N–H and O–H groups in total. The highest BCUT2D eigenvalue weighted by atomic mass is 32.2. The van der Waals surface area contributed by atoms with Crippen LogP contribution in [0.5, 0.6) is 0 Å². The summed E-state index contributed by atoms with van der Waals surface area (Å²) in [5, 5.41) is -0.849. The van der Waals surface area contributed by atoms with E-state index in [1.807, 2.05) is 11.8 Å². The summed E-state index contributed by atoms with van der Waals surface area (Å²) >= 11 is 0. The zero-order valence-electron chi connectivity index (χ0n) is 13.3. The first-order valence-corrected chi connectivity index (χ1v) is 11.5. The third kappa shape index (κ3) is 3.32. The summed E-state index contributed by atoms with van der Waals surface area (Å²) in [5.41, 5.74) is 1.07. The van der Waals surface area contributed by atoms with Gasteiger partial charge in [0.05, 0.1) is 21.7 Å². The van der Waals surface area contributed by atoms with Crippen LogP contribution in [0.3, 0.4) is 0 Å². The largest absolute Gasteiger partial charge is 0.298 e. The van der Waals surface area contributed by atoms with E-state index in [1.54, 1.807) is 24.3 Å². The number of hydrogen-bond donors (Lipinski definition) is 0. The van der Waals surface area contributed by atoms with Crippen molar-refractivity contribution in [2.24, 2.45) is 0 Å². The Morgan fingerprint density at radius 1 is 1.09 bits per heavy atom. The second kappa shape index (κ2) is 6.18. The van der Waals surface area contributed by atoms with Gasteiger partial charge in [0, 0.05) is 6.04 Å². The van der Waals surface area contributed by atoms with Gasteiger partial charge in [-0.1, -0.05) is 19.1 Å². The SMILES string of the molecule is CCc1ccc(S(=O)(=O)C2CS(=O)(=O)CC2N2CCCC2)cc1. The minimum atomic E-state index is -3.64. The topological polar surface area (TPSA) is 71.5 Å². The fourth-order valence-corrected chi connectivity index (χ4v) is 8.43. The van der Waals surface area contributed by atoms with Gasteiger partial charge >= 0.3 is 0 Å². The Bertz CT molecular complexity index is 763. The molecule has 0 aromatic heterocycles. The maximum absolute atomic E-state index is 13.0. The number of nitrogens with zero attached hydrogens (tertiary/aromatic N) is 1. The minimum Gasteiger partial charge on any atom is -0.298 e. The van der Waals surface area contributed by atoms with Gasteiger partial charge < -0.3 is 0 Å². The van der Waals surface area contributed by atoms with Crippen LogP contribution in [-0.4, -0.2) is 57.6 Å². The van der Waals surface area contributed by atoms with Crippen molar-refractivity contribution in [3.05, 3.63) is 29.8 Å². The summed E-state index contributed by atoms with van der Waals surface area (Å²) in [6, 6.07) is 6.43. The molecule has 2 saturated heterocycles. The summed E-state index contributed by atoms with van der Waals surface area (Å²) in [4.78, 5) is 2.29. The second-order valence-corrected chi connectivity index (χ2v) is 10.8. The number of benzene rings is 1. The fourth-order valence-electron chi connectivity index (χ4n) is 3.60. The molecule has 0 saturated carbocycles. The average Bonchev–Trinajstić information content (AvgIpc) is 3.14. The van der Waals surface area contributed by atoms with Crippen LogP contribution in [-0.2, 0) is 26.1 Å². The zero-order chi connectivity index (χ0) is 16.7. The first kappa shape index (κ1) is 16.9. The Morgan fingerprint density at radius 3 is 2.26 bits per heavy atom. The van der Waals surface area contributed by atoms with E-state index in [4.69, 9.17) is 0 Å². The number of rotatable bonds is 4. The molecule has 2 aliphatic heterocycles. The molecule has 3 rings (SSSR count). The highest BCUT2D eigenvalue weighted by Crippen LogP contribution is 2.30. The van der Waals surface area contributed by atoms with E-state index in [-0.39, 0.29) is 16.4 Å².